The van der Waals surface area contributed by atoms with Crippen LogP contribution in [-0.2, 0) is 10.0 Å². The molecule has 6 nitrogen and oxygen atoms in total. The Bertz CT molecular complexity index is 1840. The molecular weight excluding hydrogens is 592 g/mol. The number of benzene rings is 4. The molecule has 0 bridgehead atoms. The lowest BCUT2D eigenvalue weighted by Gasteiger charge is -2.29. The van der Waals surface area contributed by atoms with Gasteiger partial charge in [0.25, 0.3) is 15.9 Å². The maximum Gasteiger partial charge on any atom is 0.274 e. The number of nitrogens with zero attached hydrogens (tertiary/aromatic N) is 2. The second kappa shape index (κ2) is 11.7. The number of carbonyl (C=O) groups is 1. The molecule has 2 unspecified atom stereocenters. The Morgan fingerprint density at radius 2 is 1.60 bits per heavy atom. The molecule has 0 radical (unpaired) electrons. The summed E-state index contributed by atoms with van der Waals surface area (Å²) in [7, 11) is -4.02. The Labute approximate surface area is 253 Å². The van der Waals surface area contributed by atoms with Gasteiger partial charge < -0.3 is 0 Å². The van der Waals surface area contributed by atoms with Gasteiger partial charge in [0.2, 0.25) is 0 Å². The smallest absolute Gasteiger partial charge is 0.274 e. The highest BCUT2D eigenvalue weighted by molar-refractivity contribution is 7.92. The van der Waals surface area contributed by atoms with Crippen LogP contribution in [0.25, 0.3) is 6.08 Å². The average molecular weight is 618 g/mol. The first kappa shape index (κ1) is 28.8. The van der Waals surface area contributed by atoms with Crippen molar-refractivity contribution in [1.29, 1.82) is 0 Å². The van der Waals surface area contributed by atoms with Crippen LogP contribution >= 0.6 is 11.6 Å². The third-order valence-corrected chi connectivity index (χ3v) is 9.25. The first-order valence-corrected chi connectivity index (χ1v) is 15.6. The number of sulfonamides is 1. The summed E-state index contributed by atoms with van der Waals surface area (Å²) in [5.74, 6) is -1.37. The van der Waals surface area contributed by atoms with Gasteiger partial charge in [-0.1, -0.05) is 41.9 Å². The highest BCUT2D eigenvalue weighted by Crippen LogP contribution is 2.45. The highest BCUT2D eigenvalue weighted by atomic mass is 35.5. The molecule has 1 saturated carbocycles. The number of halogens is 3. The molecule has 6 rings (SSSR count). The van der Waals surface area contributed by atoms with Crippen molar-refractivity contribution >= 4 is 45.0 Å². The fourth-order valence-electron chi connectivity index (χ4n) is 5.58. The van der Waals surface area contributed by atoms with E-state index >= 15 is 0 Å². The Morgan fingerprint density at radius 3 is 2.30 bits per heavy atom. The van der Waals surface area contributed by atoms with Crippen molar-refractivity contribution in [2.24, 2.45) is 11.0 Å². The van der Waals surface area contributed by atoms with Gasteiger partial charge in [0, 0.05) is 22.2 Å². The number of allylic oxidation sites excluding steroid dienone is 1. The van der Waals surface area contributed by atoms with Crippen LogP contribution in [-0.4, -0.2) is 25.0 Å². The standard InChI is InChI=1S/C33H26ClF2N3O3S/c34-25-11-17-28(18-12-25)38-43(41,42)29-5-1-4-24(20-29)33(40)39-32(22-9-15-27(36)16-10-22)30-6-2-3-23(31(30)37-39)19-21-7-13-26(35)14-8-21/h1,4-5,7-20,30,32,38H,2-3,6H2/b23-19+. The summed E-state index contributed by atoms with van der Waals surface area (Å²) in [5, 5.41) is 6.67. The summed E-state index contributed by atoms with van der Waals surface area (Å²) < 4.78 is 56.3. The Hall–Kier alpha value is -4.34. The zero-order chi connectivity index (χ0) is 30.1. The van der Waals surface area contributed by atoms with E-state index < -0.39 is 27.8 Å². The lowest BCUT2D eigenvalue weighted by atomic mass is 9.77. The summed E-state index contributed by atoms with van der Waals surface area (Å²) in [4.78, 5) is 14.0. The van der Waals surface area contributed by atoms with Crippen molar-refractivity contribution in [2.75, 3.05) is 4.72 Å². The summed E-state index contributed by atoms with van der Waals surface area (Å²) in [6.07, 6.45) is 4.29. The van der Waals surface area contributed by atoms with Crippen molar-refractivity contribution in [3.8, 4) is 0 Å². The third-order valence-electron chi connectivity index (χ3n) is 7.62. The monoisotopic (exact) mass is 617 g/mol. The quantitative estimate of drug-likeness (QED) is 0.239. The van der Waals surface area contributed by atoms with Crippen LogP contribution < -0.4 is 4.72 Å². The first-order chi connectivity index (χ1) is 20.7. The van der Waals surface area contributed by atoms with Crippen LogP contribution in [0.1, 0.15) is 46.8 Å². The average Bonchev–Trinajstić information content (AvgIpc) is 3.40. The van der Waals surface area contributed by atoms with Crippen molar-refractivity contribution in [3.63, 3.8) is 0 Å². The molecule has 1 amide bonds. The van der Waals surface area contributed by atoms with E-state index in [0.717, 1.165) is 41.7 Å². The van der Waals surface area contributed by atoms with E-state index in [1.54, 1.807) is 54.6 Å². The molecule has 1 N–H and O–H groups in total. The van der Waals surface area contributed by atoms with E-state index in [1.807, 2.05) is 6.08 Å². The topological polar surface area (TPSA) is 78.8 Å². The van der Waals surface area contributed by atoms with Gasteiger partial charge in [-0.25, -0.2) is 22.2 Å². The SMILES string of the molecule is O=C(c1cccc(S(=O)(=O)Nc2ccc(Cl)cc2)c1)N1N=C2/C(=C/c3ccc(F)cc3)CCCC2C1c1ccc(F)cc1. The van der Waals surface area contributed by atoms with Gasteiger partial charge in [-0.05, 0) is 109 Å². The number of anilines is 1. The van der Waals surface area contributed by atoms with Crippen molar-refractivity contribution < 1.29 is 22.0 Å². The van der Waals surface area contributed by atoms with E-state index in [2.05, 4.69) is 4.72 Å². The second-order valence-electron chi connectivity index (χ2n) is 10.5. The van der Waals surface area contributed by atoms with Gasteiger partial charge in [0.05, 0.1) is 16.6 Å². The van der Waals surface area contributed by atoms with Gasteiger partial charge in [0.15, 0.2) is 0 Å². The zero-order valence-electron chi connectivity index (χ0n) is 22.8. The second-order valence-corrected chi connectivity index (χ2v) is 12.6. The van der Waals surface area contributed by atoms with E-state index in [1.165, 1.54) is 47.5 Å². The minimum Gasteiger partial charge on any atom is -0.280 e. The number of hydrazone groups is 1. The molecular formula is C33H26ClF2N3O3S. The number of amides is 1. The number of hydrogen-bond acceptors (Lipinski definition) is 4. The Balaban J connectivity index is 1.37. The largest absolute Gasteiger partial charge is 0.280 e. The molecule has 10 heteroatoms. The summed E-state index contributed by atoms with van der Waals surface area (Å²) >= 11 is 5.92. The normalized spacial score (nSPS) is 19.2. The fourth-order valence-corrected chi connectivity index (χ4v) is 6.81. The lowest BCUT2D eigenvalue weighted by molar-refractivity contribution is 0.0680. The predicted molar refractivity (Wildman–Crippen MR) is 163 cm³/mol. The van der Waals surface area contributed by atoms with Gasteiger partial charge in [-0.2, -0.15) is 5.10 Å². The third kappa shape index (κ3) is 6.09. The molecule has 1 heterocycles. The summed E-state index contributed by atoms with van der Waals surface area (Å²) in [6.45, 7) is 0. The van der Waals surface area contributed by atoms with Crippen LogP contribution in [0.2, 0.25) is 5.02 Å². The molecule has 4 aromatic carbocycles. The molecule has 4 aromatic rings. The van der Waals surface area contributed by atoms with Crippen LogP contribution in [0.4, 0.5) is 14.5 Å². The van der Waals surface area contributed by atoms with E-state index in [9.17, 15) is 22.0 Å². The summed E-state index contributed by atoms with van der Waals surface area (Å²) in [5.41, 5.74) is 3.68. The van der Waals surface area contributed by atoms with Crippen LogP contribution in [0.3, 0.4) is 0 Å². The Morgan fingerprint density at radius 1 is 0.930 bits per heavy atom. The molecule has 1 aliphatic carbocycles. The minimum atomic E-state index is -4.02. The van der Waals surface area contributed by atoms with E-state index in [0.29, 0.717) is 10.7 Å². The van der Waals surface area contributed by atoms with Gasteiger partial charge in [-0.3, -0.25) is 9.52 Å². The Kier molecular flexibility index (Phi) is 7.85. The summed E-state index contributed by atoms with van der Waals surface area (Å²) in [6, 6.07) is 23.6. The molecule has 0 saturated heterocycles. The number of hydrogen-bond donors (Lipinski definition) is 1. The molecule has 2 aliphatic rings. The number of rotatable bonds is 6. The molecule has 0 aromatic heterocycles. The zero-order valence-corrected chi connectivity index (χ0v) is 24.3. The molecule has 1 fully saturated rings. The minimum absolute atomic E-state index is 0.0900. The van der Waals surface area contributed by atoms with Crippen LogP contribution in [0.15, 0.2) is 113 Å². The number of carbonyl (C=O) groups excluding carboxylic acids is 1. The van der Waals surface area contributed by atoms with E-state index in [-0.39, 0.29) is 22.2 Å². The number of nitrogens with one attached hydrogen (secondary N) is 1. The number of fused-ring (bicyclic) bond motifs is 1. The van der Waals surface area contributed by atoms with Crippen LogP contribution in [0, 0.1) is 17.6 Å². The maximum absolute atomic E-state index is 14.1. The van der Waals surface area contributed by atoms with Crippen molar-refractivity contribution in [2.45, 2.75) is 30.2 Å². The predicted octanol–water partition coefficient (Wildman–Crippen LogP) is 7.86. The van der Waals surface area contributed by atoms with Gasteiger partial charge in [-0.15, -0.1) is 0 Å². The van der Waals surface area contributed by atoms with Crippen molar-refractivity contribution in [1.82, 2.24) is 5.01 Å². The molecule has 1 aliphatic heterocycles. The molecule has 43 heavy (non-hydrogen) atoms. The molecule has 0 spiro atoms. The van der Waals surface area contributed by atoms with Crippen LogP contribution in [0.5, 0.6) is 0 Å². The van der Waals surface area contributed by atoms with E-state index in [4.69, 9.17) is 16.7 Å². The maximum atomic E-state index is 14.1. The first-order valence-electron chi connectivity index (χ1n) is 13.7. The fraction of sp³-hybridized carbons (Fsp3) is 0.152. The molecule has 2 atom stereocenters. The van der Waals surface area contributed by atoms with Gasteiger partial charge in [0.1, 0.15) is 11.6 Å². The van der Waals surface area contributed by atoms with Crippen molar-refractivity contribution in [3.05, 3.63) is 136 Å². The van der Waals surface area contributed by atoms with Gasteiger partial charge >= 0.3 is 0 Å². The lowest BCUT2D eigenvalue weighted by Crippen LogP contribution is -2.32. The molecule has 218 valence electrons. The highest BCUT2D eigenvalue weighted by Gasteiger charge is 2.44.